The molecule has 3 aromatic carbocycles. The van der Waals surface area contributed by atoms with Gasteiger partial charge in [-0.2, -0.15) is 9.36 Å². The van der Waals surface area contributed by atoms with Crippen molar-refractivity contribution in [2.24, 2.45) is 0 Å². The average molecular weight is 451 g/mol. The summed E-state index contributed by atoms with van der Waals surface area (Å²) in [5.74, 6) is 0.193. The number of hydrogen-bond acceptors (Lipinski definition) is 5. The molecule has 4 aromatic rings. The van der Waals surface area contributed by atoms with Crippen LogP contribution in [0.1, 0.15) is 32.9 Å². The van der Waals surface area contributed by atoms with Crippen LogP contribution in [0.5, 0.6) is 10.9 Å². The van der Waals surface area contributed by atoms with E-state index in [-0.39, 0.29) is 24.1 Å². The lowest BCUT2D eigenvalue weighted by molar-refractivity contribution is 0.0950. The molecule has 0 fully saturated rings. The van der Waals surface area contributed by atoms with Gasteiger partial charge in [0.05, 0.1) is 0 Å². The number of rotatable bonds is 7. The highest BCUT2D eigenvalue weighted by Crippen LogP contribution is 2.28. The van der Waals surface area contributed by atoms with Crippen LogP contribution in [0.4, 0.5) is 8.78 Å². The summed E-state index contributed by atoms with van der Waals surface area (Å²) in [6, 6.07) is 17.3. The van der Waals surface area contributed by atoms with Gasteiger partial charge in [-0.1, -0.05) is 30.3 Å². The van der Waals surface area contributed by atoms with Gasteiger partial charge in [0.2, 0.25) is 0 Å². The van der Waals surface area contributed by atoms with Gasteiger partial charge in [-0.15, -0.1) is 0 Å². The van der Waals surface area contributed by atoms with E-state index in [1.165, 1.54) is 24.3 Å². The van der Waals surface area contributed by atoms with Crippen LogP contribution >= 0.6 is 11.5 Å². The van der Waals surface area contributed by atoms with E-state index in [0.717, 1.165) is 28.2 Å². The summed E-state index contributed by atoms with van der Waals surface area (Å²) in [6.07, 6.45) is 0.463. The summed E-state index contributed by atoms with van der Waals surface area (Å²) in [7, 11) is 0. The van der Waals surface area contributed by atoms with Gasteiger partial charge in [0.1, 0.15) is 17.4 Å². The number of nitrogens with zero attached hydrogens (tertiary/aromatic N) is 2. The first-order valence-electron chi connectivity index (χ1n) is 9.84. The molecular weight excluding hydrogens is 432 g/mol. The van der Waals surface area contributed by atoms with Crippen molar-refractivity contribution >= 4 is 17.4 Å². The van der Waals surface area contributed by atoms with Crippen molar-refractivity contribution < 1.29 is 18.3 Å². The highest BCUT2D eigenvalue weighted by molar-refractivity contribution is 7.07. The molecule has 0 unspecified atom stereocenters. The van der Waals surface area contributed by atoms with Gasteiger partial charge in [0.15, 0.2) is 5.82 Å². The van der Waals surface area contributed by atoms with Crippen molar-refractivity contribution in [2.75, 3.05) is 0 Å². The van der Waals surface area contributed by atoms with E-state index in [1.54, 1.807) is 42.5 Å². The second-order valence-electron chi connectivity index (χ2n) is 7.17. The van der Waals surface area contributed by atoms with Gasteiger partial charge in [0.25, 0.3) is 11.1 Å². The van der Waals surface area contributed by atoms with Crippen LogP contribution in [-0.2, 0) is 13.0 Å². The maximum Gasteiger partial charge on any atom is 0.298 e. The number of ether oxygens (including phenoxy) is 1. The van der Waals surface area contributed by atoms with Crippen LogP contribution in [0.3, 0.4) is 0 Å². The van der Waals surface area contributed by atoms with E-state index in [2.05, 4.69) is 14.7 Å². The van der Waals surface area contributed by atoms with Gasteiger partial charge in [-0.3, -0.25) is 4.79 Å². The lowest BCUT2D eigenvalue weighted by Gasteiger charge is -2.09. The molecule has 0 aliphatic heterocycles. The Morgan fingerprint density at radius 1 is 0.969 bits per heavy atom. The van der Waals surface area contributed by atoms with Crippen LogP contribution in [0.25, 0.3) is 0 Å². The van der Waals surface area contributed by atoms with Crippen LogP contribution < -0.4 is 10.1 Å². The lowest BCUT2D eigenvalue weighted by atomic mass is 10.1. The molecule has 0 atom stereocenters. The maximum absolute atomic E-state index is 13.1. The van der Waals surface area contributed by atoms with Crippen LogP contribution in [0, 0.1) is 18.6 Å². The number of aryl methyl sites for hydroxylation is 1. The second kappa shape index (κ2) is 9.65. The molecule has 0 aliphatic carbocycles. The van der Waals surface area contributed by atoms with Crippen molar-refractivity contribution in [2.45, 2.75) is 19.9 Å². The number of aromatic nitrogens is 2. The van der Waals surface area contributed by atoms with Crippen molar-refractivity contribution in [3.05, 3.63) is 106 Å². The van der Waals surface area contributed by atoms with Gasteiger partial charge in [0, 0.05) is 30.1 Å². The van der Waals surface area contributed by atoms with Gasteiger partial charge in [-0.25, -0.2) is 8.78 Å². The molecule has 0 saturated heterocycles. The number of amides is 1. The molecule has 1 aromatic heterocycles. The Balaban J connectivity index is 1.41. The molecular formula is C24H19F2N3O2S. The van der Waals surface area contributed by atoms with E-state index < -0.39 is 0 Å². The minimum Gasteiger partial charge on any atom is -0.430 e. The Morgan fingerprint density at radius 2 is 1.62 bits per heavy atom. The molecule has 32 heavy (non-hydrogen) atoms. The van der Waals surface area contributed by atoms with Crippen LogP contribution in [0.15, 0.2) is 66.7 Å². The first-order valence-corrected chi connectivity index (χ1v) is 10.6. The fraction of sp³-hybridized carbons (Fsp3) is 0.125. The topological polar surface area (TPSA) is 64.1 Å². The van der Waals surface area contributed by atoms with Crippen molar-refractivity contribution in [1.29, 1.82) is 0 Å². The average Bonchev–Trinajstić information content (AvgIpc) is 3.23. The Morgan fingerprint density at radius 3 is 2.31 bits per heavy atom. The highest BCUT2D eigenvalue weighted by Gasteiger charge is 2.13. The van der Waals surface area contributed by atoms with Gasteiger partial charge < -0.3 is 10.1 Å². The summed E-state index contributed by atoms with van der Waals surface area (Å²) in [4.78, 5) is 16.9. The zero-order chi connectivity index (χ0) is 22.5. The Labute approximate surface area is 187 Å². The number of carbonyl (C=O) groups excluding carboxylic acids is 1. The Bertz CT molecular complexity index is 1220. The summed E-state index contributed by atoms with van der Waals surface area (Å²) in [5.41, 5.74) is 2.97. The van der Waals surface area contributed by atoms with E-state index in [1.807, 2.05) is 6.92 Å². The largest absolute Gasteiger partial charge is 0.430 e. The third kappa shape index (κ3) is 5.53. The zero-order valence-corrected chi connectivity index (χ0v) is 18.0. The summed E-state index contributed by atoms with van der Waals surface area (Å²) >= 11 is 1.11. The number of benzene rings is 3. The van der Waals surface area contributed by atoms with E-state index in [9.17, 15) is 13.6 Å². The summed E-state index contributed by atoms with van der Waals surface area (Å²) in [6.45, 7) is 2.16. The molecule has 4 rings (SSSR count). The van der Waals surface area contributed by atoms with Crippen LogP contribution in [-0.4, -0.2) is 15.3 Å². The number of nitrogens with one attached hydrogen (secondary N) is 1. The normalized spacial score (nSPS) is 10.7. The van der Waals surface area contributed by atoms with E-state index >= 15 is 0 Å². The van der Waals surface area contributed by atoms with Crippen molar-refractivity contribution in [1.82, 2.24) is 14.7 Å². The van der Waals surface area contributed by atoms with E-state index in [0.29, 0.717) is 28.8 Å². The molecule has 8 heteroatoms. The molecule has 1 amide bonds. The molecule has 1 N–H and O–H groups in total. The lowest BCUT2D eigenvalue weighted by Crippen LogP contribution is -2.22. The fourth-order valence-corrected chi connectivity index (χ4v) is 3.53. The quantitative estimate of drug-likeness (QED) is 0.407. The summed E-state index contributed by atoms with van der Waals surface area (Å²) in [5, 5.41) is 3.17. The van der Waals surface area contributed by atoms with Crippen molar-refractivity contribution in [3.63, 3.8) is 0 Å². The first kappa shape index (κ1) is 21.6. The number of carbonyl (C=O) groups is 1. The minimum absolute atomic E-state index is 0.270. The van der Waals surface area contributed by atoms with E-state index in [4.69, 9.17) is 4.74 Å². The smallest absolute Gasteiger partial charge is 0.298 e. The van der Waals surface area contributed by atoms with Gasteiger partial charge in [-0.05, 0) is 60.0 Å². The molecule has 0 spiro atoms. The Hall–Kier alpha value is -3.65. The van der Waals surface area contributed by atoms with Crippen molar-refractivity contribution in [3.8, 4) is 10.9 Å². The van der Waals surface area contributed by atoms with Gasteiger partial charge >= 0.3 is 0 Å². The van der Waals surface area contributed by atoms with Crippen LogP contribution in [0.2, 0.25) is 0 Å². The molecule has 5 nitrogen and oxygen atoms in total. The predicted molar refractivity (Wildman–Crippen MR) is 118 cm³/mol. The Kier molecular flexibility index (Phi) is 6.51. The number of halogens is 2. The monoisotopic (exact) mass is 451 g/mol. The molecule has 162 valence electrons. The predicted octanol–water partition coefficient (Wildman–Crippen LogP) is 5.44. The molecule has 0 radical (unpaired) electrons. The maximum atomic E-state index is 13.1. The molecule has 0 aliphatic rings. The third-order valence-corrected chi connectivity index (χ3v) is 5.37. The standard InChI is InChI=1S/C24H19F2N3O2S/c1-15-2-7-18(23(30)27-14-17-5-10-20(26)11-6-17)13-21(15)31-24-28-22(29-32-24)12-16-3-8-19(25)9-4-16/h2-11,13H,12,14H2,1H3,(H,27,30). The minimum atomic E-state index is -0.321. The number of hydrogen-bond donors (Lipinski definition) is 1. The highest BCUT2D eigenvalue weighted by atomic mass is 32.1. The SMILES string of the molecule is Cc1ccc(C(=O)NCc2ccc(F)cc2)cc1Oc1nc(Cc2ccc(F)cc2)ns1. The fourth-order valence-electron chi connectivity index (χ4n) is 2.97. The first-order chi connectivity index (χ1) is 15.5. The molecule has 0 bridgehead atoms. The molecule has 1 heterocycles. The third-order valence-electron chi connectivity index (χ3n) is 4.74. The zero-order valence-electron chi connectivity index (χ0n) is 17.1. The summed E-state index contributed by atoms with van der Waals surface area (Å²) < 4.78 is 36.2. The molecule has 0 saturated carbocycles. The second-order valence-corrected chi connectivity index (χ2v) is 7.89.